The average Bonchev–Trinajstić information content (AvgIpc) is 0.858. The topological polar surface area (TPSA) is 578 Å². The Morgan fingerprint density at radius 2 is 0.704 bits per heavy atom. The van der Waals surface area contributed by atoms with Crippen LogP contribution in [0.3, 0.4) is 0 Å². The van der Waals surface area contributed by atoms with E-state index in [1.165, 1.54) is 25.6 Å². The van der Waals surface area contributed by atoms with Crippen LogP contribution >= 0.6 is 37.0 Å². The summed E-state index contributed by atoms with van der Waals surface area (Å²) in [7, 11) is 0. The molecule has 15 amide bonds. The monoisotopic (exact) mass is 1680 g/mol. The fourth-order valence-corrected chi connectivity index (χ4v) is 12.4. The number of hydrogen-bond donors (Lipinski definition) is 22. The van der Waals surface area contributed by atoms with Gasteiger partial charge < -0.3 is 106 Å². The van der Waals surface area contributed by atoms with E-state index in [1.807, 2.05) is 0 Å². The van der Waals surface area contributed by atoms with Crippen molar-refractivity contribution in [3.63, 3.8) is 0 Å². The molecule has 0 aliphatic rings. The normalized spacial score (nSPS) is 15.3. The summed E-state index contributed by atoms with van der Waals surface area (Å²) >= 11 is 9.97. The van der Waals surface area contributed by atoms with Crippen molar-refractivity contribution in [1.82, 2.24) is 79.8 Å². The second kappa shape index (κ2) is 54.1. The molecular weight excluding hydrogens is 1560 g/mol. The highest BCUT2D eigenvalue weighted by atomic mass is 32.2. The van der Waals surface area contributed by atoms with Gasteiger partial charge in [0.15, 0.2) is 0 Å². The molecule has 1 aromatic rings. The highest BCUT2D eigenvalue weighted by molar-refractivity contribution is 7.98. The molecule has 0 saturated carbocycles. The van der Waals surface area contributed by atoms with Crippen LogP contribution in [-0.2, 0) is 87.9 Å². The zero-order chi connectivity index (χ0) is 87.7. The molecule has 15 atom stereocenters. The van der Waals surface area contributed by atoms with Gasteiger partial charge in [-0.25, -0.2) is 0 Å². The van der Waals surface area contributed by atoms with Crippen LogP contribution < -0.4 is 85.5 Å². The fourth-order valence-electron chi connectivity index (χ4n) is 11.4. The van der Waals surface area contributed by atoms with Crippen LogP contribution in [0, 0.1) is 35.5 Å². The summed E-state index contributed by atoms with van der Waals surface area (Å²) in [5.41, 5.74) is 6.44. The maximum atomic E-state index is 14.6. The number of carbonyl (C=O) groups excluding carboxylic acids is 15. The lowest BCUT2D eigenvalue weighted by atomic mass is 9.99. The number of amides is 15. The molecule has 0 aliphatic heterocycles. The van der Waals surface area contributed by atoms with Crippen molar-refractivity contribution in [1.29, 1.82) is 0 Å². The number of carbonyl (C=O) groups is 17. The van der Waals surface area contributed by atoms with E-state index in [-0.39, 0.29) is 98.4 Å². The second-order valence-corrected chi connectivity index (χ2v) is 32.6. The Hall–Kier alpha value is -8.86. The van der Waals surface area contributed by atoms with Crippen molar-refractivity contribution in [3.8, 4) is 0 Å². The number of aliphatic carboxylic acids is 2. The van der Waals surface area contributed by atoms with Gasteiger partial charge in [-0.1, -0.05) is 113 Å². The van der Waals surface area contributed by atoms with E-state index < -0.39 is 224 Å². The predicted octanol–water partition coefficient (Wildman–Crippen LogP) is -2.68. The van der Waals surface area contributed by atoms with Crippen LogP contribution in [-0.4, -0.2) is 255 Å². The molecule has 0 aromatic heterocycles. The number of hydrogen-bond acceptors (Lipinski definition) is 23. The number of carboxylic acid groups (broad SMARTS) is 2. The molecule has 115 heavy (non-hydrogen) atoms. The van der Waals surface area contributed by atoms with Crippen molar-refractivity contribution < 1.29 is 102 Å². The lowest BCUT2D eigenvalue weighted by Crippen LogP contribution is -2.61. The average molecular weight is 1680 g/mol. The first-order valence-corrected chi connectivity index (χ1v) is 41.2. The van der Waals surface area contributed by atoms with Gasteiger partial charge in [-0.15, -0.1) is 0 Å². The quantitative estimate of drug-likeness (QED) is 0.0296. The van der Waals surface area contributed by atoms with E-state index in [4.69, 9.17) is 10.8 Å². The van der Waals surface area contributed by atoms with Crippen LogP contribution in [0.2, 0.25) is 0 Å². The molecule has 650 valence electrons. The number of carboxylic acids is 2. The van der Waals surface area contributed by atoms with E-state index in [0.717, 1.165) is 0 Å². The minimum absolute atomic E-state index is 0.0215. The number of aliphatic hydroxyl groups excluding tert-OH is 2. The second-order valence-electron chi connectivity index (χ2n) is 30.9. The zero-order valence-corrected chi connectivity index (χ0v) is 71.0. The Bertz CT molecular complexity index is 3390. The van der Waals surface area contributed by atoms with Crippen molar-refractivity contribution in [3.05, 3.63) is 35.9 Å². The van der Waals surface area contributed by atoms with E-state index >= 15 is 0 Å². The molecule has 1 aromatic carbocycles. The molecule has 0 bridgehead atoms. The van der Waals surface area contributed by atoms with Gasteiger partial charge in [0, 0.05) is 24.3 Å². The van der Waals surface area contributed by atoms with Crippen LogP contribution in [0.4, 0.5) is 0 Å². The number of benzene rings is 1. The molecule has 21 N–H and O–H groups in total. The van der Waals surface area contributed by atoms with Crippen LogP contribution in [0.5, 0.6) is 0 Å². The summed E-state index contributed by atoms with van der Waals surface area (Å²) in [6, 6.07) is -11.6. The predicted molar refractivity (Wildman–Crippen MR) is 436 cm³/mol. The molecule has 0 aliphatic carbocycles. The fraction of sp³-hybridized carbons (Fsp3) is 0.693. The summed E-state index contributed by atoms with van der Waals surface area (Å²) in [5.74, 6) is -17.7. The number of aliphatic hydroxyl groups is 2. The molecule has 0 fully saturated rings. The molecule has 1 rings (SSSR count). The number of nitrogens with one attached hydrogen (secondary N) is 15. The van der Waals surface area contributed by atoms with Crippen LogP contribution in [0.15, 0.2) is 30.3 Å². The maximum absolute atomic E-state index is 14.6. The minimum Gasteiger partial charge on any atom is -0.481 e. The Balaban J connectivity index is 3.45. The minimum atomic E-state index is -1.78. The lowest BCUT2D eigenvalue weighted by Gasteiger charge is -2.29. The van der Waals surface area contributed by atoms with E-state index in [1.54, 1.807) is 120 Å². The van der Waals surface area contributed by atoms with Gasteiger partial charge >= 0.3 is 11.9 Å². The summed E-state index contributed by atoms with van der Waals surface area (Å²) < 4.78 is 0. The summed E-state index contributed by atoms with van der Waals surface area (Å²) in [6.07, 6.45) is -0.818. The van der Waals surface area contributed by atoms with Gasteiger partial charge in [0.05, 0.1) is 25.3 Å². The molecule has 37 nitrogen and oxygen atoms in total. The number of thioether (sulfide) groups is 1. The Morgan fingerprint density at radius 3 is 1.07 bits per heavy atom. The SMILES string of the molecule is CSCC[C@H](N)C(=O)N[C@H](C(=O)N[C@@H](C)C(=O)N[C@@H](CCC(=O)O)C(=O)N[C@@H](Cc1ccccc1)C(=O)N[C@@H](CC(C)C)C(=O)N[C@@H](CO)C(=O)N[C@@H](CC(C)C)C(=O)N[C@@H](CC(C)C)C(=O)N[C@@H](CS)C(=O)N[C@@H](CC(C)C)C(=O)NCC(=O)N[C@@H](CC(C)C)C(=O)N[C@@H](CS)C(=O)N[C@@H](CC(C)C)C(=O)NCC(=O)O)[C@@H](C)O. The van der Waals surface area contributed by atoms with E-state index in [9.17, 15) is 96.8 Å². The van der Waals surface area contributed by atoms with Gasteiger partial charge in [0.25, 0.3) is 0 Å². The Labute approximate surface area is 688 Å². The first-order chi connectivity index (χ1) is 53.8. The molecule has 0 spiro atoms. The first kappa shape index (κ1) is 104. The van der Waals surface area contributed by atoms with Gasteiger partial charge in [-0.3, -0.25) is 81.5 Å². The summed E-state index contributed by atoms with van der Waals surface area (Å²) in [4.78, 5) is 230. The highest BCUT2D eigenvalue weighted by Crippen LogP contribution is 2.16. The van der Waals surface area contributed by atoms with Gasteiger partial charge in [-0.05, 0) is 118 Å². The molecule has 0 unspecified atom stereocenters. The van der Waals surface area contributed by atoms with Crippen LogP contribution in [0.25, 0.3) is 0 Å². The highest BCUT2D eigenvalue weighted by Gasteiger charge is 2.39. The maximum Gasteiger partial charge on any atom is 0.322 e. The van der Waals surface area contributed by atoms with E-state index in [0.29, 0.717) is 11.3 Å². The smallest absolute Gasteiger partial charge is 0.322 e. The first-order valence-electron chi connectivity index (χ1n) is 38.5. The third-order valence-corrected chi connectivity index (χ3v) is 18.7. The zero-order valence-electron chi connectivity index (χ0n) is 68.4. The molecule has 0 radical (unpaired) electrons. The van der Waals surface area contributed by atoms with Gasteiger partial charge in [-0.2, -0.15) is 37.0 Å². The third-order valence-electron chi connectivity index (χ3n) is 17.3. The number of rotatable bonds is 55. The van der Waals surface area contributed by atoms with E-state index in [2.05, 4.69) is 105 Å². The largest absolute Gasteiger partial charge is 0.481 e. The van der Waals surface area contributed by atoms with Crippen molar-refractivity contribution in [2.45, 2.75) is 252 Å². The molecule has 0 saturated heterocycles. The summed E-state index contributed by atoms with van der Waals surface area (Å²) in [6.45, 7) is 21.0. The summed E-state index contributed by atoms with van der Waals surface area (Å²) in [5, 5.41) is 77.3. The van der Waals surface area contributed by atoms with Crippen molar-refractivity contribution >= 4 is 138 Å². The van der Waals surface area contributed by atoms with Gasteiger partial charge in [0.1, 0.15) is 85.1 Å². The molecular formula is C75H126N16O21S3. The third kappa shape index (κ3) is 41.5. The Kier molecular flexibility index (Phi) is 49.0. The van der Waals surface area contributed by atoms with Crippen LogP contribution in [0.1, 0.15) is 160 Å². The molecule has 40 heteroatoms. The number of nitrogens with two attached hydrogens (primary N) is 1. The number of thiol groups is 2. The van der Waals surface area contributed by atoms with Gasteiger partial charge in [0.2, 0.25) is 88.6 Å². The standard InChI is InChI=1S/C75H126N16O21S3/c1-37(2)25-48(64(101)77-32-58(94)80-50(27-39(5)6)67(104)89-56(35-113)73(110)83-49(26-38(3)4)65(102)78-33-60(97)98)82-74(111)57(36-114)90-70(107)53(30-42(11)12)84-68(105)51(28-40(7)8)86-72(109)55(34-92)88-69(106)52(29-41(9)10)85-71(108)54(31-45-19-17-16-18-20-45)87-66(103)47(21-22-59(95)96)81-62(99)43(13)79-75(112)61(44(14)93)91-63(100)46(76)23-24-115-15/h16-20,37-44,46-57,61,92-93,113-114H,21-36,76H2,1-15H3,(H,77,101)(H,78,102)(H,79,112)(H,80,94)(H,81,99)(H,82,111)(H,83,110)(H,84,105)(H,85,108)(H,86,109)(H,87,103)(H,88,106)(H,89,104)(H,90,107)(H,91,100)(H,95,96)(H,97,98)/t43-,44+,46-,47-,48-,49-,50-,51-,52-,53-,54-,55-,56-,57-,61-/m0/s1. The van der Waals surface area contributed by atoms with Crippen molar-refractivity contribution in [2.75, 3.05) is 43.2 Å². The molecule has 0 heterocycles. The lowest BCUT2D eigenvalue weighted by molar-refractivity contribution is -0.139. The van der Waals surface area contributed by atoms with Crippen molar-refractivity contribution in [2.24, 2.45) is 41.2 Å². The Morgan fingerprint density at radius 1 is 0.374 bits per heavy atom.